The third-order valence-electron chi connectivity index (χ3n) is 3.03. The molecule has 2 aromatic carbocycles. The molecule has 3 heteroatoms. The highest BCUT2D eigenvalue weighted by atomic mass is 32.1. The number of aromatic nitrogens is 1. The van der Waals surface area contributed by atoms with Gasteiger partial charge in [0.05, 0.1) is 16.8 Å². The molecule has 1 heterocycles. The molecule has 0 unspecified atom stereocenters. The normalized spacial score (nSPS) is 10.9. The maximum absolute atomic E-state index is 8.08. The number of thiazole rings is 1. The van der Waals surface area contributed by atoms with Gasteiger partial charge < -0.3 is 4.57 Å². The monoisotopic (exact) mass is 254 g/mol. The number of aryl methyl sites for hydroxylation is 1. The molecule has 3 rings (SSSR count). The van der Waals surface area contributed by atoms with E-state index in [-0.39, 0.29) is 0 Å². The van der Waals surface area contributed by atoms with Gasteiger partial charge in [0, 0.05) is 0 Å². The lowest BCUT2D eigenvalue weighted by molar-refractivity contribution is 0.788. The minimum Gasteiger partial charge on any atom is -0.312 e. The molecular weight excluding hydrogens is 240 g/mol. The minimum absolute atomic E-state index is 0.609. The number of fused-ring (bicyclic) bond motifs is 1. The zero-order chi connectivity index (χ0) is 12.5. The van der Waals surface area contributed by atoms with E-state index in [1.54, 1.807) is 0 Å². The van der Waals surface area contributed by atoms with Crippen LogP contribution in [-0.2, 0) is 6.54 Å². The Morgan fingerprint density at radius 3 is 2.78 bits per heavy atom. The standard InChI is InChI=1S/C15H14N2S/c1-11-5-4-6-12(9-11)10-17-13-7-2-3-8-14(13)18-15(17)16/h2-9,16H,10H2,1H3. The second-order valence-corrected chi connectivity index (χ2v) is 5.48. The van der Waals surface area contributed by atoms with Crippen molar-refractivity contribution in [1.82, 2.24) is 4.57 Å². The summed E-state index contributed by atoms with van der Waals surface area (Å²) in [4.78, 5) is 0.609. The zero-order valence-electron chi connectivity index (χ0n) is 10.2. The first-order valence-corrected chi connectivity index (χ1v) is 6.74. The first kappa shape index (κ1) is 11.2. The van der Waals surface area contributed by atoms with Crippen molar-refractivity contribution in [2.24, 2.45) is 0 Å². The van der Waals surface area contributed by atoms with Gasteiger partial charge in [0.15, 0.2) is 4.80 Å². The predicted molar refractivity (Wildman–Crippen MR) is 76.0 cm³/mol. The summed E-state index contributed by atoms with van der Waals surface area (Å²) >= 11 is 1.53. The molecule has 0 amide bonds. The summed E-state index contributed by atoms with van der Waals surface area (Å²) in [5.74, 6) is 0. The summed E-state index contributed by atoms with van der Waals surface area (Å²) in [7, 11) is 0. The lowest BCUT2D eigenvalue weighted by atomic mass is 10.1. The molecule has 0 aliphatic carbocycles. The highest BCUT2D eigenvalue weighted by molar-refractivity contribution is 7.16. The van der Waals surface area contributed by atoms with E-state index in [9.17, 15) is 0 Å². The summed E-state index contributed by atoms with van der Waals surface area (Å²) < 4.78 is 3.24. The van der Waals surface area contributed by atoms with Crippen molar-refractivity contribution < 1.29 is 0 Å². The summed E-state index contributed by atoms with van der Waals surface area (Å²) in [5.41, 5.74) is 3.66. The maximum atomic E-state index is 8.08. The number of benzene rings is 2. The zero-order valence-corrected chi connectivity index (χ0v) is 11.0. The summed E-state index contributed by atoms with van der Waals surface area (Å²) in [6, 6.07) is 16.7. The van der Waals surface area contributed by atoms with E-state index >= 15 is 0 Å². The Kier molecular flexibility index (Phi) is 2.76. The predicted octanol–water partition coefficient (Wildman–Crippen LogP) is 3.54. The van der Waals surface area contributed by atoms with Gasteiger partial charge in [-0.15, -0.1) is 0 Å². The highest BCUT2D eigenvalue weighted by Crippen LogP contribution is 2.17. The minimum atomic E-state index is 0.609. The van der Waals surface area contributed by atoms with Crippen LogP contribution in [0.2, 0.25) is 0 Å². The molecule has 0 bridgehead atoms. The van der Waals surface area contributed by atoms with Crippen LogP contribution < -0.4 is 4.80 Å². The average molecular weight is 254 g/mol. The second-order valence-electron chi connectivity index (χ2n) is 4.45. The molecular formula is C15H14N2S. The molecule has 1 aromatic heterocycles. The third-order valence-corrected chi connectivity index (χ3v) is 4.01. The molecule has 0 spiro atoms. The van der Waals surface area contributed by atoms with Crippen molar-refractivity contribution in [3.63, 3.8) is 0 Å². The van der Waals surface area contributed by atoms with E-state index in [4.69, 9.17) is 5.41 Å². The number of nitrogens with zero attached hydrogens (tertiary/aromatic N) is 1. The van der Waals surface area contributed by atoms with Gasteiger partial charge in [-0.1, -0.05) is 53.3 Å². The van der Waals surface area contributed by atoms with E-state index in [2.05, 4.69) is 47.9 Å². The van der Waals surface area contributed by atoms with Crippen LogP contribution >= 0.6 is 11.3 Å². The van der Waals surface area contributed by atoms with Crippen LogP contribution in [0.3, 0.4) is 0 Å². The van der Waals surface area contributed by atoms with Crippen LogP contribution in [0.4, 0.5) is 0 Å². The second kappa shape index (κ2) is 4.42. The highest BCUT2D eigenvalue weighted by Gasteiger charge is 2.04. The molecule has 0 radical (unpaired) electrons. The fourth-order valence-electron chi connectivity index (χ4n) is 2.19. The summed E-state index contributed by atoms with van der Waals surface area (Å²) in [6.45, 7) is 2.87. The summed E-state index contributed by atoms with van der Waals surface area (Å²) in [5, 5.41) is 8.08. The first-order chi connectivity index (χ1) is 8.74. The Labute approximate surface area is 110 Å². The smallest absolute Gasteiger partial charge is 0.183 e. The van der Waals surface area contributed by atoms with Crippen LogP contribution in [0.15, 0.2) is 48.5 Å². The number of rotatable bonds is 2. The third kappa shape index (κ3) is 1.97. The number of hydrogen-bond donors (Lipinski definition) is 1. The van der Waals surface area contributed by atoms with Gasteiger partial charge in [-0.3, -0.25) is 5.41 Å². The quantitative estimate of drug-likeness (QED) is 0.725. The lowest BCUT2D eigenvalue weighted by Crippen LogP contribution is -2.13. The molecule has 1 N–H and O–H groups in total. The molecule has 0 fully saturated rings. The van der Waals surface area contributed by atoms with Crippen LogP contribution in [0.1, 0.15) is 11.1 Å². The Balaban J connectivity index is 2.10. The van der Waals surface area contributed by atoms with Gasteiger partial charge in [-0.25, -0.2) is 0 Å². The van der Waals surface area contributed by atoms with Gasteiger partial charge in [0.1, 0.15) is 0 Å². The SMILES string of the molecule is Cc1cccc(Cn2c(=N)sc3ccccc32)c1. The largest absolute Gasteiger partial charge is 0.312 e. The fourth-order valence-corrected chi connectivity index (χ4v) is 3.10. The van der Waals surface area contributed by atoms with Crippen molar-refractivity contribution in [1.29, 1.82) is 5.41 Å². The number of hydrogen-bond acceptors (Lipinski definition) is 2. The Morgan fingerprint density at radius 2 is 1.94 bits per heavy atom. The number of para-hydroxylation sites is 1. The molecule has 0 atom stereocenters. The van der Waals surface area contributed by atoms with Gasteiger partial charge in [-0.2, -0.15) is 0 Å². The van der Waals surface area contributed by atoms with E-state index < -0.39 is 0 Å². The van der Waals surface area contributed by atoms with Crippen molar-refractivity contribution in [3.05, 3.63) is 64.5 Å². The topological polar surface area (TPSA) is 28.8 Å². The van der Waals surface area contributed by atoms with E-state index in [1.165, 1.54) is 27.2 Å². The Morgan fingerprint density at radius 1 is 1.11 bits per heavy atom. The Hall–Kier alpha value is -1.87. The maximum Gasteiger partial charge on any atom is 0.183 e. The van der Waals surface area contributed by atoms with Gasteiger partial charge in [-0.05, 0) is 24.6 Å². The van der Waals surface area contributed by atoms with E-state index in [0.717, 1.165) is 12.1 Å². The molecule has 0 saturated heterocycles. The molecule has 0 saturated carbocycles. The molecule has 2 nitrogen and oxygen atoms in total. The number of nitrogens with one attached hydrogen (secondary N) is 1. The molecule has 0 aliphatic rings. The fraction of sp³-hybridized carbons (Fsp3) is 0.133. The van der Waals surface area contributed by atoms with Gasteiger partial charge in [0.2, 0.25) is 0 Å². The molecule has 18 heavy (non-hydrogen) atoms. The first-order valence-electron chi connectivity index (χ1n) is 5.92. The van der Waals surface area contributed by atoms with Crippen LogP contribution in [0, 0.1) is 12.3 Å². The van der Waals surface area contributed by atoms with Crippen LogP contribution in [0.5, 0.6) is 0 Å². The Bertz CT molecular complexity index is 752. The van der Waals surface area contributed by atoms with Crippen molar-refractivity contribution in [2.45, 2.75) is 13.5 Å². The van der Waals surface area contributed by atoms with E-state index in [1.807, 2.05) is 12.1 Å². The van der Waals surface area contributed by atoms with Crippen molar-refractivity contribution in [2.75, 3.05) is 0 Å². The van der Waals surface area contributed by atoms with Crippen molar-refractivity contribution >= 4 is 21.6 Å². The lowest BCUT2D eigenvalue weighted by Gasteiger charge is -2.05. The van der Waals surface area contributed by atoms with Crippen LogP contribution in [-0.4, -0.2) is 4.57 Å². The molecule has 3 aromatic rings. The van der Waals surface area contributed by atoms with Gasteiger partial charge >= 0.3 is 0 Å². The average Bonchev–Trinajstić information content (AvgIpc) is 2.66. The molecule has 90 valence electrons. The van der Waals surface area contributed by atoms with Crippen molar-refractivity contribution in [3.8, 4) is 0 Å². The summed E-state index contributed by atoms with van der Waals surface area (Å²) in [6.07, 6.45) is 0. The van der Waals surface area contributed by atoms with Gasteiger partial charge in [0.25, 0.3) is 0 Å². The molecule has 0 aliphatic heterocycles. The van der Waals surface area contributed by atoms with Crippen LogP contribution in [0.25, 0.3) is 10.2 Å². The van der Waals surface area contributed by atoms with E-state index in [0.29, 0.717) is 4.80 Å².